The fourth-order valence-electron chi connectivity index (χ4n) is 2.55. The molecule has 0 spiro atoms. The Labute approximate surface area is 163 Å². The number of aryl methyl sites for hydroxylation is 2. The molecule has 1 aromatic heterocycles. The molecule has 0 saturated carbocycles. The summed E-state index contributed by atoms with van der Waals surface area (Å²) in [6.45, 7) is 8.80. The second-order valence-corrected chi connectivity index (χ2v) is 7.16. The Balaban J connectivity index is 1.71. The van der Waals surface area contributed by atoms with Crippen molar-refractivity contribution in [3.63, 3.8) is 0 Å². The van der Waals surface area contributed by atoms with Gasteiger partial charge >= 0.3 is 0 Å². The minimum Gasteiger partial charge on any atom is -0.486 e. The molecule has 27 heavy (non-hydrogen) atoms. The van der Waals surface area contributed by atoms with Crippen molar-refractivity contribution in [3.8, 4) is 5.75 Å². The van der Waals surface area contributed by atoms with Crippen LogP contribution in [0.5, 0.6) is 5.75 Å². The van der Waals surface area contributed by atoms with Crippen LogP contribution in [0.25, 0.3) is 0 Å². The van der Waals surface area contributed by atoms with Gasteiger partial charge in [0, 0.05) is 12.3 Å². The van der Waals surface area contributed by atoms with Crippen LogP contribution in [0, 0.1) is 19.7 Å². The molecule has 1 heterocycles. The van der Waals surface area contributed by atoms with Crippen LogP contribution in [0.15, 0.2) is 60.3 Å². The third-order valence-electron chi connectivity index (χ3n) is 4.27. The first kappa shape index (κ1) is 19.2. The van der Waals surface area contributed by atoms with Crippen LogP contribution in [0.2, 0.25) is 0 Å². The number of benzene rings is 2. The van der Waals surface area contributed by atoms with E-state index in [0.29, 0.717) is 30.3 Å². The average molecular weight is 383 g/mol. The van der Waals surface area contributed by atoms with Gasteiger partial charge in [-0.1, -0.05) is 42.1 Å². The second kappa shape index (κ2) is 8.86. The minimum atomic E-state index is -0.210. The summed E-state index contributed by atoms with van der Waals surface area (Å²) < 4.78 is 21.7. The van der Waals surface area contributed by atoms with E-state index >= 15 is 0 Å². The normalized spacial score (nSPS) is 10.8. The van der Waals surface area contributed by atoms with Gasteiger partial charge in [0.1, 0.15) is 18.2 Å². The zero-order valence-corrected chi connectivity index (χ0v) is 16.3. The lowest BCUT2D eigenvalue weighted by molar-refractivity contribution is 0.289. The van der Waals surface area contributed by atoms with E-state index in [4.69, 9.17) is 4.74 Å². The number of aromatic nitrogens is 3. The lowest BCUT2D eigenvalue weighted by atomic mass is 10.1. The van der Waals surface area contributed by atoms with Crippen molar-refractivity contribution in [1.29, 1.82) is 0 Å². The Morgan fingerprint density at radius 2 is 1.96 bits per heavy atom. The van der Waals surface area contributed by atoms with E-state index in [2.05, 4.69) is 30.6 Å². The highest BCUT2D eigenvalue weighted by Gasteiger charge is 2.13. The van der Waals surface area contributed by atoms with Gasteiger partial charge in [0.2, 0.25) is 0 Å². The van der Waals surface area contributed by atoms with Crippen molar-refractivity contribution in [3.05, 3.63) is 83.5 Å². The average Bonchev–Trinajstić information content (AvgIpc) is 3.04. The largest absolute Gasteiger partial charge is 0.486 e. The first-order chi connectivity index (χ1) is 13.1. The predicted molar refractivity (Wildman–Crippen MR) is 106 cm³/mol. The molecular formula is C21H22FN3OS. The highest BCUT2D eigenvalue weighted by atomic mass is 32.2. The van der Waals surface area contributed by atoms with Crippen LogP contribution in [-0.4, -0.2) is 14.8 Å². The summed E-state index contributed by atoms with van der Waals surface area (Å²) in [6.07, 6.45) is 1.79. The molecule has 0 amide bonds. The summed E-state index contributed by atoms with van der Waals surface area (Å²) in [4.78, 5) is 0. The molecule has 0 aliphatic heterocycles. The molecule has 0 aliphatic rings. The molecule has 0 N–H and O–H groups in total. The van der Waals surface area contributed by atoms with Crippen LogP contribution >= 0.6 is 11.8 Å². The van der Waals surface area contributed by atoms with E-state index in [1.165, 1.54) is 29.0 Å². The van der Waals surface area contributed by atoms with Crippen LogP contribution in [0.1, 0.15) is 22.5 Å². The molecule has 0 bridgehead atoms. The molecule has 2 aromatic carbocycles. The van der Waals surface area contributed by atoms with Crippen molar-refractivity contribution >= 4 is 11.8 Å². The lowest BCUT2D eigenvalue weighted by Gasteiger charge is -2.10. The van der Waals surface area contributed by atoms with Gasteiger partial charge < -0.3 is 4.74 Å². The van der Waals surface area contributed by atoms with Crippen LogP contribution in [-0.2, 0) is 18.9 Å². The molecule has 6 heteroatoms. The van der Waals surface area contributed by atoms with E-state index in [0.717, 1.165) is 10.9 Å². The molecule has 3 aromatic rings. The summed E-state index contributed by atoms with van der Waals surface area (Å²) in [5.74, 6) is 1.79. The molecule has 3 rings (SSSR count). The smallest absolute Gasteiger partial charge is 0.191 e. The Morgan fingerprint density at radius 3 is 2.70 bits per heavy atom. The van der Waals surface area contributed by atoms with E-state index in [1.54, 1.807) is 18.2 Å². The van der Waals surface area contributed by atoms with Gasteiger partial charge in [0.25, 0.3) is 0 Å². The van der Waals surface area contributed by atoms with Gasteiger partial charge in [0.15, 0.2) is 11.0 Å². The van der Waals surface area contributed by atoms with Gasteiger partial charge in [-0.15, -0.1) is 16.8 Å². The Hall–Kier alpha value is -2.60. The van der Waals surface area contributed by atoms with Gasteiger partial charge in [-0.3, -0.25) is 4.57 Å². The number of rotatable bonds is 8. The van der Waals surface area contributed by atoms with E-state index in [9.17, 15) is 4.39 Å². The molecule has 0 radical (unpaired) electrons. The Morgan fingerprint density at radius 1 is 1.15 bits per heavy atom. The summed E-state index contributed by atoms with van der Waals surface area (Å²) in [5, 5.41) is 9.22. The maximum Gasteiger partial charge on any atom is 0.191 e. The highest BCUT2D eigenvalue weighted by molar-refractivity contribution is 7.98. The zero-order chi connectivity index (χ0) is 19.2. The first-order valence-electron chi connectivity index (χ1n) is 8.67. The summed E-state index contributed by atoms with van der Waals surface area (Å²) in [7, 11) is 0. The standard InChI is InChI=1S/C21H22FN3OS/c1-4-11-25-20(13-26-18-10-9-15(2)16(3)12-18)23-24-21(25)27-14-17-7-5-6-8-19(17)22/h4-10,12H,1,11,13-14H2,2-3H3. The number of allylic oxidation sites excluding steroid dienone is 1. The maximum absolute atomic E-state index is 13.8. The minimum absolute atomic E-state index is 0.210. The number of thioether (sulfide) groups is 1. The topological polar surface area (TPSA) is 39.9 Å². The SMILES string of the molecule is C=CCn1c(COc2ccc(C)c(C)c2)nnc1SCc1ccccc1F. The van der Waals surface area contributed by atoms with Crippen molar-refractivity contribution < 1.29 is 9.13 Å². The van der Waals surface area contributed by atoms with Crippen molar-refractivity contribution in [2.24, 2.45) is 0 Å². The van der Waals surface area contributed by atoms with Crippen molar-refractivity contribution in [2.45, 2.75) is 37.9 Å². The number of hydrogen-bond acceptors (Lipinski definition) is 4. The molecule has 4 nitrogen and oxygen atoms in total. The van der Waals surface area contributed by atoms with Gasteiger partial charge in [-0.05, 0) is 48.7 Å². The third kappa shape index (κ3) is 4.77. The number of hydrogen-bond donors (Lipinski definition) is 0. The van der Waals surface area contributed by atoms with Crippen molar-refractivity contribution in [2.75, 3.05) is 0 Å². The predicted octanol–water partition coefficient (Wildman–Crippen LogP) is 5.09. The van der Waals surface area contributed by atoms with Gasteiger partial charge in [-0.2, -0.15) is 0 Å². The molecule has 0 saturated heterocycles. The molecule has 0 atom stereocenters. The fourth-order valence-corrected chi connectivity index (χ4v) is 3.51. The summed E-state index contributed by atoms with van der Waals surface area (Å²) in [6, 6.07) is 12.8. The molecule has 0 aliphatic carbocycles. The Kier molecular flexibility index (Phi) is 6.29. The molecular weight excluding hydrogens is 361 g/mol. The third-order valence-corrected chi connectivity index (χ3v) is 5.28. The Bertz CT molecular complexity index is 939. The summed E-state index contributed by atoms with van der Waals surface area (Å²) >= 11 is 1.45. The fraction of sp³-hybridized carbons (Fsp3) is 0.238. The quantitative estimate of drug-likeness (QED) is 0.401. The van der Waals surface area contributed by atoms with E-state index in [-0.39, 0.29) is 5.82 Å². The number of halogens is 1. The highest BCUT2D eigenvalue weighted by Crippen LogP contribution is 2.24. The molecule has 0 unspecified atom stereocenters. The monoisotopic (exact) mass is 383 g/mol. The number of nitrogens with zero attached hydrogens (tertiary/aromatic N) is 3. The van der Waals surface area contributed by atoms with E-state index < -0.39 is 0 Å². The van der Waals surface area contributed by atoms with Crippen molar-refractivity contribution in [1.82, 2.24) is 14.8 Å². The zero-order valence-electron chi connectivity index (χ0n) is 15.5. The lowest BCUT2D eigenvalue weighted by Crippen LogP contribution is -2.07. The molecule has 0 fully saturated rings. The van der Waals surface area contributed by atoms with Crippen LogP contribution in [0.3, 0.4) is 0 Å². The maximum atomic E-state index is 13.8. The van der Waals surface area contributed by atoms with Gasteiger partial charge in [0.05, 0.1) is 0 Å². The first-order valence-corrected chi connectivity index (χ1v) is 9.66. The molecule has 140 valence electrons. The van der Waals surface area contributed by atoms with Gasteiger partial charge in [-0.25, -0.2) is 4.39 Å². The summed E-state index contributed by atoms with van der Waals surface area (Å²) in [5.41, 5.74) is 3.05. The second-order valence-electron chi connectivity index (χ2n) is 6.21. The van der Waals surface area contributed by atoms with Crippen LogP contribution in [0.4, 0.5) is 4.39 Å². The van der Waals surface area contributed by atoms with Crippen LogP contribution < -0.4 is 4.74 Å². The number of ether oxygens (including phenoxy) is 1. The van der Waals surface area contributed by atoms with E-state index in [1.807, 2.05) is 28.8 Å².